The summed E-state index contributed by atoms with van der Waals surface area (Å²) < 4.78 is 6.70. The standard InChI is InChI=1S/C18H16N2O4/c1-3-24-18(21)17-11-13-6-4-5-7-14(13)19(17)15-9-8-12(2)10-16(15)20(22)23/h4-11H,3H2,1-2H3. The van der Waals surface area contributed by atoms with Gasteiger partial charge in [0.05, 0.1) is 17.0 Å². The lowest BCUT2D eigenvalue weighted by Gasteiger charge is -2.11. The number of hydrogen-bond acceptors (Lipinski definition) is 4. The molecule has 1 heterocycles. The van der Waals surface area contributed by atoms with Gasteiger partial charge in [-0.1, -0.05) is 24.3 Å². The van der Waals surface area contributed by atoms with Crippen LogP contribution in [0, 0.1) is 17.0 Å². The average molecular weight is 324 g/mol. The van der Waals surface area contributed by atoms with Crippen LogP contribution in [0.25, 0.3) is 16.6 Å². The van der Waals surface area contributed by atoms with E-state index in [-0.39, 0.29) is 18.0 Å². The van der Waals surface area contributed by atoms with Gasteiger partial charge in [-0.3, -0.25) is 14.7 Å². The van der Waals surface area contributed by atoms with E-state index in [1.54, 1.807) is 36.6 Å². The van der Waals surface area contributed by atoms with Crippen molar-refractivity contribution >= 4 is 22.6 Å². The van der Waals surface area contributed by atoms with Crippen molar-refractivity contribution < 1.29 is 14.5 Å². The molecule has 122 valence electrons. The summed E-state index contributed by atoms with van der Waals surface area (Å²) in [4.78, 5) is 23.4. The Bertz CT molecular complexity index is 943. The fourth-order valence-electron chi connectivity index (χ4n) is 2.74. The molecule has 6 heteroatoms. The van der Waals surface area contributed by atoms with Gasteiger partial charge in [-0.15, -0.1) is 0 Å². The second-order valence-corrected chi connectivity index (χ2v) is 5.39. The summed E-state index contributed by atoms with van der Waals surface area (Å²) in [5, 5.41) is 12.3. The van der Waals surface area contributed by atoms with Crippen molar-refractivity contribution in [2.75, 3.05) is 6.61 Å². The van der Waals surface area contributed by atoms with Gasteiger partial charge in [0.15, 0.2) is 0 Å². The Morgan fingerprint density at radius 1 is 1.21 bits per heavy atom. The minimum Gasteiger partial charge on any atom is -0.461 e. The Hall–Kier alpha value is -3.15. The highest BCUT2D eigenvalue weighted by Crippen LogP contribution is 2.31. The van der Waals surface area contributed by atoms with E-state index in [1.807, 2.05) is 24.3 Å². The molecule has 0 bridgehead atoms. The van der Waals surface area contributed by atoms with Crippen LogP contribution in [0.4, 0.5) is 5.69 Å². The monoisotopic (exact) mass is 324 g/mol. The first-order valence-electron chi connectivity index (χ1n) is 7.56. The highest BCUT2D eigenvalue weighted by atomic mass is 16.6. The Kier molecular flexibility index (Phi) is 4.04. The lowest BCUT2D eigenvalue weighted by molar-refractivity contribution is -0.384. The zero-order valence-corrected chi connectivity index (χ0v) is 13.4. The number of rotatable bonds is 4. The molecule has 0 unspecified atom stereocenters. The fraction of sp³-hybridized carbons (Fsp3) is 0.167. The van der Waals surface area contributed by atoms with Gasteiger partial charge in [0, 0.05) is 11.5 Å². The maximum Gasteiger partial charge on any atom is 0.355 e. The molecule has 0 N–H and O–H groups in total. The molecule has 6 nitrogen and oxygen atoms in total. The molecule has 0 saturated carbocycles. The van der Waals surface area contributed by atoms with Crippen molar-refractivity contribution in [1.82, 2.24) is 4.57 Å². The van der Waals surface area contributed by atoms with Gasteiger partial charge in [0.1, 0.15) is 11.4 Å². The molecule has 0 aliphatic heterocycles. The van der Waals surface area contributed by atoms with Gasteiger partial charge in [-0.25, -0.2) is 4.79 Å². The molecule has 0 aliphatic rings. The van der Waals surface area contributed by atoms with Crippen LogP contribution >= 0.6 is 0 Å². The van der Waals surface area contributed by atoms with Crippen molar-refractivity contribution in [2.24, 2.45) is 0 Å². The van der Waals surface area contributed by atoms with Gasteiger partial charge in [0.25, 0.3) is 5.69 Å². The first-order valence-corrected chi connectivity index (χ1v) is 7.56. The number of nitrogens with zero attached hydrogens (tertiary/aromatic N) is 2. The number of fused-ring (bicyclic) bond motifs is 1. The number of benzene rings is 2. The second-order valence-electron chi connectivity index (χ2n) is 5.39. The van der Waals surface area contributed by atoms with Crippen LogP contribution in [-0.4, -0.2) is 22.1 Å². The van der Waals surface area contributed by atoms with Crippen molar-refractivity contribution in [1.29, 1.82) is 0 Å². The summed E-state index contributed by atoms with van der Waals surface area (Å²) in [6.07, 6.45) is 0. The van der Waals surface area contributed by atoms with Crippen LogP contribution in [0.5, 0.6) is 0 Å². The smallest absolute Gasteiger partial charge is 0.355 e. The van der Waals surface area contributed by atoms with E-state index in [1.165, 1.54) is 6.07 Å². The first kappa shape index (κ1) is 15.7. The van der Waals surface area contributed by atoms with E-state index in [4.69, 9.17) is 4.74 Å². The largest absolute Gasteiger partial charge is 0.461 e. The lowest BCUT2D eigenvalue weighted by atomic mass is 10.2. The molecule has 0 aliphatic carbocycles. The number of nitro groups is 1. The van der Waals surface area contributed by atoms with Crippen molar-refractivity contribution in [3.63, 3.8) is 0 Å². The number of nitro benzene ring substituents is 1. The summed E-state index contributed by atoms with van der Waals surface area (Å²) in [6, 6.07) is 14.0. The van der Waals surface area contributed by atoms with Crippen LogP contribution < -0.4 is 0 Å². The van der Waals surface area contributed by atoms with E-state index in [9.17, 15) is 14.9 Å². The van der Waals surface area contributed by atoms with E-state index < -0.39 is 10.9 Å². The molecule has 1 aromatic heterocycles. The molecular weight excluding hydrogens is 308 g/mol. The summed E-state index contributed by atoms with van der Waals surface area (Å²) in [5.41, 5.74) is 2.05. The molecule has 0 amide bonds. The van der Waals surface area contributed by atoms with Crippen molar-refractivity contribution in [3.8, 4) is 5.69 Å². The van der Waals surface area contributed by atoms with Gasteiger partial charge in [0.2, 0.25) is 0 Å². The third-order valence-electron chi connectivity index (χ3n) is 3.76. The maximum atomic E-state index is 12.3. The molecule has 0 radical (unpaired) electrons. The molecule has 0 fully saturated rings. The first-order chi connectivity index (χ1) is 11.5. The zero-order valence-electron chi connectivity index (χ0n) is 13.4. The average Bonchev–Trinajstić information content (AvgIpc) is 2.94. The summed E-state index contributed by atoms with van der Waals surface area (Å²) in [7, 11) is 0. The highest BCUT2D eigenvalue weighted by molar-refractivity contribution is 5.97. The molecule has 2 aromatic carbocycles. The Morgan fingerprint density at radius 2 is 1.96 bits per heavy atom. The molecule has 3 rings (SSSR count). The molecular formula is C18H16N2O4. The zero-order chi connectivity index (χ0) is 17.3. The molecule has 0 spiro atoms. The van der Waals surface area contributed by atoms with Crippen LogP contribution in [0.3, 0.4) is 0 Å². The van der Waals surface area contributed by atoms with E-state index in [0.717, 1.165) is 10.9 Å². The number of esters is 1. The lowest BCUT2D eigenvalue weighted by Crippen LogP contribution is -2.12. The molecule has 3 aromatic rings. The number of aryl methyl sites for hydroxylation is 1. The predicted octanol–water partition coefficient (Wildman–Crippen LogP) is 4.02. The number of para-hydroxylation sites is 1. The number of aromatic nitrogens is 1. The van der Waals surface area contributed by atoms with Gasteiger partial charge in [-0.05, 0) is 37.6 Å². The maximum absolute atomic E-state index is 12.3. The van der Waals surface area contributed by atoms with Crippen LogP contribution in [0.15, 0.2) is 48.5 Å². The molecule has 24 heavy (non-hydrogen) atoms. The number of hydrogen-bond donors (Lipinski definition) is 0. The molecule has 0 saturated heterocycles. The SMILES string of the molecule is CCOC(=O)c1cc2ccccc2n1-c1ccc(C)cc1[N+](=O)[O-]. The third-order valence-corrected chi connectivity index (χ3v) is 3.76. The van der Waals surface area contributed by atoms with Crippen molar-refractivity contribution in [3.05, 3.63) is 69.9 Å². The predicted molar refractivity (Wildman–Crippen MR) is 90.6 cm³/mol. The Morgan fingerprint density at radius 3 is 2.67 bits per heavy atom. The van der Waals surface area contributed by atoms with Crippen LogP contribution in [0.2, 0.25) is 0 Å². The topological polar surface area (TPSA) is 74.4 Å². The normalized spacial score (nSPS) is 10.8. The van der Waals surface area contributed by atoms with Crippen LogP contribution in [0.1, 0.15) is 23.0 Å². The van der Waals surface area contributed by atoms with Gasteiger partial charge in [-0.2, -0.15) is 0 Å². The van der Waals surface area contributed by atoms with Crippen molar-refractivity contribution in [2.45, 2.75) is 13.8 Å². The minimum absolute atomic E-state index is 0.0538. The third kappa shape index (κ3) is 2.62. The Balaban J connectivity index is 2.35. The minimum atomic E-state index is -0.511. The van der Waals surface area contributed by atoms with E-state index in [2.05, 4.69) is 0 Å². The highest BCUT2D eigenvalue weighted by Gasteiger charge is 2.23. The number of carbonyl (C=O) groups excluding carboxylic acids is 1. The van der Waals surface area contributed by atoms with Gasteiger partial charge < -0.3 is 4.74 Å². The summed E-state index contributed by atoms with van der Waals surface area (Å²) >= 11 is 0. The number of carbonyl (C=O) groups is 1. The fourth-order valence-corrected chi connectivity index (χ4v) is 2.74. The summed E-state index contributed by atoms with van der Waals surface area (Å²) in [6.45, 7) is 3.74. The number of ether oxygens (including phenoxy) is 1. The van der Waals surface area contributed by atoms with Gasteiger partial charge >= 0.3 is 5.97 Å². The van der Waals surface area contributed by atoms with E-state index in [0.29, 0.717) is 11.2 Å². The molecule has 0 atom stereocenters. The quantitative estimate of drug-likeness (QED) is 0.412. The Labute approximate surface area is 138 Å². The second kappa shape index (κ2) is 6.16. The van der Waals surface area contributed by atoms with Crippen LogP contribution in [-0.2, 0) is 4.74 Å². The summed E-state index contributed by atoms with van der Waals surface area (Å²) in [5.74, 6) is -0.511. The van der Waals surface area contributed by atoms with E-state index >= 15 is 0 Å².